The zero-order valence-corrected chi connectivity index (χ0v) is 10.8. The number of hydrogen-bond acceptors (Lipinski definition) is 3. The summed E-state index contributed by atoms with van der Waals surface area (Å²) >= 11 is 1.30. The molecular formula is C12H14N2O2S. The fourth-order valence-electron chi connectivity index (χ4n) is 1.75. The summed E-state index contributed by atoms with van der Waals surface area (Å²) in [4.78, 5) is 12.3. The van der Waals surface area contributed by atoms with Crippen molar-refractivity contribution in [2.75, 3.05) is 0 Å². The van der Waals surface area contributed by atoms with Crippen molar-refractivity contribution in [3.8, 4) is 10.6 Å². The highest BCUT2D eigenvalue weighted by Crippen LogP contribution is 2.33. The molecule has 0 saturated heterocycles. The van der Waals surface area contributed by atoms with Crippen LogP contribution in [0.5, 0.6) is 0 Å². The molecular weight excluding hydrogens is 236 g/mol. The summed E-state index contributed by atoms with van der Waals surface area (Å²) < 4.78 is 1.91. The van der Waals surface area contributed by atoms with Crippen molar-refractivity contribution in [2.45, 2.75) is 26.8 Å². The van der Waals surface area contributed by atoms with E-state index in [9.17, 15) is 4.79 Å². The van der Waals surface area contributed by atoms with Crippen LogP contribution in [-0.4, -0.2) is 20.9 Å². The zero-order valence-electron chi connectivity index (χ0n) is 9.97. The van der Waals surface area contributed by atoms with E-state index >= 15 is 0 Å². The van der Waals surface area contributed by atoms with Crippen LogP contribution in [0, 0.1) is 6.92 Å². The van der Waals surface area contributed by atoms with E-state index in [1.165, 1.54) is 11.3 Å². The molecule has 90 valence electrons. The van der Waals surface area contributed by atoms with Crippen LogP contribution in [0.3, 0.4) is 0 Å². The molecule has 0 radical (unpaired) electrons. The first kappa shape index (κ1) is 11.9. The molecule has 2 heterocycles. The van der Waals surface area contributed by atoms with Crippen LogP contribution in [0.4, 0.5) is 0 Å². The summed E-state index contributed by atoms with van der Waals surface area (Å²) in [5.41, 5.74) is 1.96. The van der Waals surface area contributed by atoms with Crippen molar-refractivity contribution in [2.24, 2.45) is 0 Å². The van der Waals surface area contributed by atoms with Crippen molar-refractivity contribution in [1.82, 2.24) is 9.78 Å². The largest absolute Gasteiger partial charge is 0.477 e. The number of aromatic nitrogens is 2. The first-order valence-corrected chi connectivity index (χ1v) is 6.20. The average molecular weight is 250 g/mol. The van der Waals surface area contributed by atoms with Gasteiger partial charge in [0.25, 0.3) is 0 Å². The summed E-state index contributed by atoms with van der Waals surface area (Å²) in [5, 5.41) is 13.2. The van der Waals surface area contributed by atoms with Crippen LogP contribution in [0.15, 0.2) is 18.3 Å². The van der Waals surface area contributed by atoms with E-state index in [1.807, 2.05) is 17.7 Å². The van der Waals surface area contributed by atoms with Gasteiger partial charge in [0.15, 0.2) is 0 Å². The lowest BCUT2D eigenvalue weighted by Crippen LogP contribution is -2.04. The van der Waals surface area contributed by atoms with Crippen LogP contribution < -0.4 is 0 Å². The van der Waals surface area contributed by atoms with E-state index in [-0.39, 0.29) is 6.04 Å². The van der Waals surface area contributed by atoms with Gasteiger partial charge in [0.05, 0.1) is 10.6 Å². The number of hydrogen-bond donors (Lipinski definition) is 1. The van der Waals surface area contributed by atoms with Crippen molar-refractivity contribution < 1.29 is 9.90 Å². The highest BCUT2D eigenvalue weighted by Gasteiger charge is 2.16. The Bertz CT molecular complexity index is 555. The summed E-state index contributed by atoms with van der Waals surface area (Å²) in [5.74, 6) is -0.875. The van der Waals surface area contributed by atoms with Crippen molar-refractivity contribution in [3.63, 3.8) is 0 Å². The monoisotopic (exact) mass is 250 g/mol. The Morgan fingerprint density at radius 3 is 2.76 bits per heavy atom. The van der Waals surface area contributed by atoms with Gasteiger partial charge in [0, 0.05) is 12.2 Å². The Balaban J connectivity index is 2.53. The number of nitrogens with zero attached hydrogens (tertiary/aromatic N) is 2. The van der Waals surface area contributed by atoms with Gasteiger partial charge < -0.3 is 5.11 Å². The molecule has 0 aliphatic rings. The second-order valence-electron chi connectivity index (χ2n) is 4.18. The SMILES string of the molecule is Cc1cc(C(=O)O)sc1-c1ccnn1C(C)C. The third-order valence-corrected chi connectivity index (χ3v) is 3.77. The molecule has 0 spiro atoms. The van der Waals surface area contributed by atoms with E-state index < -0.39 is 5.97 Å². The molecule has 0 saturated carbocycles. The predicted octanol–water partition coefficient (Wildman–Crippen LogP) is 3.20. The lowest BCUT2D eigenvalue weighted by atomic mass is 10.2. The van der Waals surface area contributed by atoms with E-state index in [0.717, 1.165) is 16.1 Å². The standard InChI is InChI=1S/C12H14N2O2S/c1-7(2)14-9(4-5-13-14)11-8(3)6-10(17-11)12(15)16/h4-7H,1-3H3,(H,15,16). The zero-order chi connectivity index (χ0) is 12.6. The minimum Gasteiger partial charge on any atom is -0.477 e. The Morgan fingerprint density at radius 2 is 2.24 bits per heavy atom. The Hall–Kier alpha value is -1.62. The Morgan fingerprint density at radius 1 is 1.53 bits per heavy atom. The quantitative estimate of drug-likeness (QED) is 0.910. The minimum atomic E-state index is -0.875. The van der Waals surface area contributed by atoms with Gasteiger partial charge >= 0.3 is 5.97 Å². The molecule has 17 heavy (non-hydrogen) atoms. The molecule has 4 nitrogen and oxygen atoms in total. The normalized spacial score (nSPS) is 11.1. The molecule has 0 aromatic carbocycles. The highest BCUT2D eigenvalue weighted by atomic mass is 32.1. The number of carbonyl (C=O) groups is 1. The van der Waals surface area contributed by atoms with Gasteiger partial charge in [0.2, 0.25) is 0 Å². The number of rotatable bonds is 3. The number of aryl methyl sites for hydroxylation is 1. The topological polar surface area (TPSA) is 55.1 Å². The molecule has 1 N–H and O–H groups in total. The number of aromatic carboxylic acids is 1. The number of carboxylic acids is 1. The molecule has 0 unspecified atom stereocenters. The highest BCUT2D eigenvalue weighted by molar-refractivity contribution is 7.17. The fraction of sp³-hybridized carbons (Fsp3) is 0.333. The molecule has 0 fully saturated rings. The lowest BCUT2D eigenvalue weighted by molar-refractivity contribution is 0.0702. The third kappa shape index (κ3) is 2.10. The average Bonchev–Trinajstić information content (AvgIpc) is 2.82. The van der Waals surface area contributed by atoms with Crippen LogP contribution in [-0.2, 0) is 0 Å². The van der Waals surface area contributed by atoms with Gasteiger partial charge in [-0.3, -0.25) is 4.68 Å². The molecule has 0 atom stereocenters. The molecule has 5 heteroatoms. The number of thiophene rings is 1. The summed E-state index contributed by atoms with van der Waals surface area (Å²) in [6, 6.07) is 3.89. The van der Waals surface area contributed by atoms with E-state index in [1.54, 1.807) is 12.3 Å². The fourth-order valence-corrected chi connectivity index (χ4v) is 2.78. The second-order valence-corrected chi connectivity index (χ2v) is 5.23. The van der Waals surface area contributed by atoms with Gasteiger partial charge in [-0.1, -0.05) is 0 Å². The molecule has 0 amide bonds. The first-order chi connectivity index (χ1) is 8.00. The van der Waals surface area contributed by atoms with Crippen molar-refractivity contribution >= 4 is 17.3 Å². The molecule has 0 bridgehead atoms. The molecule has 2 rings (SSSR count). The van der Waals surface area contributed by atoms with Gasteiger partial charge in [0.1, 0.15) is 4.88 Å². The smallest absolute Gasteiger partial charge is 0.345 e. The molecule has 0 aliphatic carbocycles. The maximum absolute atomic E-state index is 10.9. The van der Waals surface area contributed by atoms with E-state index in [0.29, 0.717) is 4.88 Å². The van der Waals surface area contributed by atoms with Crippen LogP contribution in [0.1, 0.15) is 35.1 Å². The van der Waals surface area contributed by atoms with Crippen LogP contribution in [0.2, 0.25) is 0 Å². The predicted molar refractivity (Wildman–Crippen MR) is 67.6 cm³/mol. The van der Waals surface area contributed by atoms with E-state index in [2.05, 4.69) is 18.9 Å². The summed E-state index contributed by atoms with van der Waals surface area (Å²) in [6.45, 7) is 6.03. The number of carboxylic acid groups (broad SMARTS) is 1. The summed E-state index contributed by atoms with van der Waals surface area (Å²) in [6.07, 6.45) is 1.74. The van der Waals surface area contributed by atoms with Gasteiger partial charge in [-0.25, -0.2) is 4.79 Å². The third-order valence-electron chi connectivity index (χ3n) is 2.52. The molecule has 2 aromatic rings. The Labute approximate surface area is 104 Å². The lowest BCUT2D eigenvalue weighted by Gasteiger charge is -2.10. The first-order valence-electron chi connectivity index (χ1n) is 5.38. The van der Waals surface area contributed by atoms with Gasteiger partial charge in [-0.05, 0) is 38.5 Å². The maximum Gasteiger partial charge on any atom is 0.345 e. The van der Waals surface area contributed by atoms with Crippen LogP contribution >= 0.6 is 11.3 Å². The van der Waals surface area contributed by atoms with Crippen molar-refractivity contribution in [3.05, 3.63) is 28.8 Å². The van der Waals surface area contributed by atoms with Gasteiger partial charge in [-0.2, -0.15) is 5.10 Å². The molecule has 0 aliphatic heterocycles. The second kappa shape index (κ2) is 4.33. The van der Waals surface area contributed by atoms with Crippen LogP contribution in [0.25, 0.3) is 10.6 Å². The minimum absolute atomic E-state index is 0.259. The Kier molecular flexibility index (Phi) is 3.02. The maximum atomic E-state index is 10.9. The van der Waals surface area contributed by atoms with E-state index in [4.69, 9.17) is 5.11 Å². The van der Waals surface area contributed by atoms with Crippen molar-refractivity contribution in [1.29, 1.82) is 0 Å². The van der Waals surface area contributed by atoms with Gasteiger partial charge in [-0.15, -0.1) is 11.3 Å². The summed E-state index contributed by atoms with van der Waals surface area (Å²) in [7, 11) is 0. The molecule has 2 aromatic heterocycles.